The van der Waals surface area contributed by atoms with E-state index < -0.39 is 20.2 Å². The lowest BCUT2D eigenvalue weighted by molar-refractivity contribution is 0.311. The van der Waals surface area contributed by atoms with E-state index >= 15 is 0 Å². The Balaban J connectivity index is 0.000000236. The molecule has 0 atom stereocenters. The molecule has 2 heterocycles. The molecular formula is C35H36FN7O6S2. The average Bonchev–Trinajstić information content (AvgIpc) is 3.10. The predicted octanol–water partition coefficient (Wildman–Crippen LogP) is 5.79. The van der Waals surface area contributed by atoms with E-state index in [9.17, 15) is 21.2 Å². The van der Waals surface area contributed by atoms with Crippen molar-refractivity contribution in [2.75, 3.05) is 48.8 Å². The molecule has 1 saturated heterocycles. The second-order valence-corrected chi connectivity index (χ2v) is 13.9. The van der Waals surface area contributed by atoms with Gasteiger partial charge in [-0.25, -0.2) is 9.37 Å². The number of benzene rings is 4. The fourth-order valence-electron chi connectivity index (χ4n) is 4.69. The van der Waals surface area contributed by atoms with Gasteiger partial charge in [0.1, 0.15) is 11.6 Å². The first-order valence-electron chi connectivity index (χ1n) is 15.4. The number of nitriles is 1. The molecule has 16 heteroatoms. The van der Waals surface area contributed by atoms with Crippen molar-refractivity contribution in [2.24, 2.45) is 0 Å². The highest BCUT2D eigenvalue weighted by Crippen LogP contribution is 2.26. The zero-order valence-corrected chi connectivity index (χ0v) is 29.1. The molecule has 1 aliphatic heterocycles. The van der Waals surface area contributed by atoms with Crippen LogP contribution in [0, 0.1) is 17.1 Å². The molecule has 0 bridgehead atoms. The molecule has 0 radical (unpaired) electrons. The highest BCUT2D eigenvalue weighted by atomic mass is 32.2. The van der Waals surface area contributed by atoms with E-state index in [1.165, 1.54) is 30.3 Å². The molecule has 266 valence electrons. The smallest absolute Gasteiger partial charge is 0.294 e. The second kappa shape index (κ2) is 18.0. The van der Waals surface area contributed by atoms with Crippen LogP contribution in [0.15, 0.2) is 125 Å². The van der Waals surface area contributed by atoms with Gasteiger partial charge in [-0.15, -0.1) is 0 Å². The Kier molecular flexibility index (Phi) is 13.5. The number of rotatable bonds is 8. The minimum Gasteiger partial charge on any atom is -0.367 e. The van der Waals surface area contributed by atoms with Gasteiger partial charge in [0.05, 0.1) is 28.0 Å². The van der Waals surface area contributed by atoms with Crippen molar-refractivity contribution in [3.8, 4) is 6.07 Å². The monoisotopic (exact) mass is 733 g/mol. The fourth-order valence-corrected chi connectivity index (χ4v) is 5.69. The van der Waals surface area contributed by atoms with Gasteiger partial charge in [-0.05, 0) is 73.3 Å². The van der Waals surface area contributed by atoms with Crippen LogP contribution in [-0.2, 0) is 26.7 Å². The Bertz CT molecular complexity index is 2080. The lowest BCUT2D eigenvalue weighted by Gasteiger charge is -2.34. The Hall–Kier alpha value is -5.44. The van der Waals surface area contributed by atoms with Crippen LogP contribution < -0.4 is 15.5 Å². The van der Waals surface area contributed by atoms with Crippen LogP contribution in [0.4, 0.5) is 33.2 Å². The summed E-state index contributed by atoms with van der Waals surface area (Å²) in [7, 11) is -5.93. The van der Waals surface area contributed by atoms with Crippen LogP contribution in [0.5, 0.6) is 0 Å². The summed E-state index contributed by atoms with van der Waals surface area (Å²) < 4.78 is 73.2. The Labute approximate surface area is 296 Å². The van der Waals surface area contributed by atoms with E-state index in [1.54, 1.807) is 54.7 Å². The molecule has 0 amide bonds. The summed E-state index contributed by atoms with van der Waals surface area (Å²) in [5, 5.41) is 15.1. The summed E-state index contributed by atoms with van der Waals surface area (Å²) in [6.07, 6.45) is 1.98. The normalized spacial score (nSPS) is 13.0. The molecule has 1 fully saturated rings. The largest absolute Gasteiger partial charge is 0.367 e. The Morgan fingerprint density at radius 2 is 1.35 bits per heavy atom. The molecule has 13 nitrogen and oxygen atoms in total. The molecule has 4 N–H and O–H groups in total. The number of hydrogen-bond donors (Lipinski definition) is 4. The van der Waals surface area contributed by atoms with Crippen molar-refractivity contribution in [3.63, 3.8) is 0 Å². The minimum absolute atomic E-state index is 0.0741. The van der Waals surface area contributed by atoms with Crippen LogP contribution in [-0.4, -0.2) is 74.0 Å². The zero-order valence-electron chi connectivity index (χ0n) is 27.5. The lowest BCUT2D eigenvalue weighted by Crippen LogP contribution is -2.44. The van der Waals surface area contributed by atoms with Gasteiger partial charge in [0.2, 0.25) is 5.95 Å². The maximum absolute atomic E-state index is 14.7. The third-order valence-corrected chi connectivity index (χ3v) is 9.00. The third-order valence-electron chi connectivity index (χ3n) is 7.27. The molecular weight excluding hydrogens is 698 g/mol. The average molecular weight is 734 g/mol. The summed E-state index contributed by atoms with van der Waals surface area (Å²) in [5.74, 6) is 0.698. The number of nitrogens with zero attached hydrogens (tertiary/aromatic N) is 5. The van der Waals surface area contributed by atoms with Crippen LogP contribution in [0.25, 0.3) is 0 Å². The predicted molar refractivity (Wildman–Crippen MR) is 193 cm³/mol. The first-order chi connectivity index (χ1) is 24.3. The number of piperazine rings is 1. The van der Waals surface area contributed by atoms with Gasteiger partial charge in [-0.2, -0.15) is 27.1 Å². The van der Waals surface area contributed by atoms with E-state index in [-0.39, 0.29) is 15.6 Å². The maximum Gasteiger partial charge on any atom is 0.294 e. The van der Waals surface area contributed by atoms with E-state index in [4.69, 9.17) is 14.4 Å². The Morgan fingerprint density at radius 1 is 0.765 bits per heavy atom. The van der Waals surface area contributed by atoms with Crippen molar-refractivity contribution in [1.82, 2.24) is 14.9 Å². The van der Waals surface area contributed by atoms with Gasteiger partial charge in [0.15, 0.2) is 0 Å². The van der Waals surface area contributed by atoms with Gasteiger partial charge in [0, 0.05) is 43.8 Å². The molecule has 0 unspecified atom stereocenters. The third kappa shape index (κ3) is 12.4. The Morgan fingerprint density at radius 3 is 1.88 bits per heavy atom. The van der Waals surface area contributed by atoms with Crippen LogP contribution in [0.3, 0.4) is 0 Å². The van der Waals surface area contributed by atoms with E-state index in [1.807, 2.05) is 30.3 Å². The number of nitrogens with one attached hydrogen (secondary N) is 2. The SMILES string of the molecule is CN1CCN(c2ccc(Nc3nccc(Nc4cccc(CC#N)c4)n3)cc2F)CC1.O=S(=O)(O)c1ccccc1.O=S(=O)(O)c1ccccc1. The molecule has 0 spiro atoms. The number of hydrogen-bond acceptors (Lipinski definition) is 11. The second-order valence-electron chi connectivity index (χ2n) is 11.1. The highest BCUT2D eigenvalue weighted by Gasteiger charge is 2.17. The maximum atomic E-state index is 14.7. The highest BCUT2D eigenvalue weighted by molar-refractivity contribution is 7.86. The number of likely N-dealkylation sites (N-methyl/N-ethyl adjacent to an activating group) is 1. The quantitative estimate of drug-likeness (QED) is 0.141. The molecule has 0 aliphatic carbocycles. The summed E-state index contributed by atoms with van der Waals surface area (Å²) in [4.78, 5) is 12.8. The van der Waals surface area contributed by atoms with Crippen LogP contribution >= 0.6 is 0 Å². The summed E-state index contributed by atoms with van der Waals surface area (Å²) >= 11 is 0. The van der Waals surface area contributed by atoms with Gasteiger partial charge < -0.3 is 20.4 Å². The van der Waals surface area contributed by atoms with E-state index in [0.29, 0.717) is 29.6 Å². The minimum atomic E-state index is -4.00. The van der Waals surface area contributed by atoms with Crippen LogP contribution in [0.2, 0.25) is 0 Å². The van der Waals surface area contributed by atoms with E-state index in [0.717, 1.165) is 37.4 Å². The summed E-state index contributed by atoms with van der Waals surface area (Å²) in [5.41, 5.74) is 2.96. The molecule has 1 aliphatic rings. The van der Waals surface area contributed by atoms with Gasteiger partial charge >= 0.3 is 0 Å². The molecule has 4 aromatic carbocycles. The summed E-state index contributed by atoms with van der Waals surface area (Å²) in [6.45, 7) is 3.47. The summed E-state index contributed by atoms with van der Waals surface area (Å²) in [6, 6.07) is 31.5. The van der Waals surface area contributed by atoms with Crippen molar-refractivity contribution < 1.29 is 30.3 Å². The lowest BCUT2D eigenvalue weighted by atomic mass is 10.1. The standard InChI is InChI=1S/C23H24FN7.2C6H6O3S/c1-30-11-13-31(14-12-30)21-6-5-19(16-20(21)24)28-23-26-10-8-22(29-23)27-18-4-2-3-17(15-18)7-9-25;2*7-10(8,9)6-4-2-1-3-5-6/h2-6,8,10,15-16H,7,11-14H2,1H3,(H2,26,27,28,29);2*1-5H,(H,7,8,9). The first-order valence-corrected chi connectivity index (χ1v) is 18.3. The topological polar surface area (TPSA) is 189 Å². The van der Waals surface area contributed by atoms with E-state index in [2.05, 4.69) is 43.5 Å². The molecule has 1 aromatic heterocycles. The number of halogens is 1. The van der Waals surface area contributed by atoms with Gasteiger partial charge in [-0.1, -0.05) is 48.5 Å². The molecule has 5 aromatic rings. The molecule has 0 saturated carbocycles. The van der Waals surface area contributed by atoms with Crippen molar-refractivity contribution in [2.45, 2.75) is 16.2 Å². The first kappa shape index (κ1) is 38.4. The van der Waals surface area contributed by atoms with Crippen molar-refractivity contribution in [3.05, 3.63) is 127 Å². The van der Waals surface area contributed by atoms with Crippen LogP contribution in [0.1, 0.15) is 5.56 Å². The van der Waals surface area contributed by atoms with Gasteiger partial charge in [0.25, 0.3) is 20.2 Å². The number of aromatic nitrogens is 2. The van der Waals surface area contributed by atoms with Crippen molar-refractivity contribution >= 4 is 49.1 Å². The molecule has 6 rings (SSSR count). The fraction of sp³-hybridized carbons (Fsp3) is 0.171. The van der Waals surface area contributed by atoms with Crippen molar-refractivity contribution in [1.29, 1.82) is 5.26 Å². The van der Waals surface area contributed by atoms with Gasteiger partial charge in [-0.3, -0.25) is 9.11 Å². The number of anilines is 5. The zero-order chi connectivity index (χ0) is 36.9. The molecule has 51 heavy (non-hydrogen) atoms.